The molecule has 0 saturated carbocycles. The Morgan fingerprint density at radius 1 is 0.600 bits per heavy atom. The van der Waals surface area contributed by atoms with E-state index in [1.807, 2.05) is 82.3 Å². The van der Waals surface area contributed by atoms with Crippen LogP contribution in [0.15, 0.2) is 60.7 Å². The van der Waals surface area contributed by atoms with Crippen molar-refractivity contribution in [2.24, 2.45) is 29.6 Å². The van der Waals surface area contributed by atoms with Crippen LogP contribution in [0.3, 0.4) is 0 Å². The third-order valence-electron chi connectivity index (χ3n) is 17.6. The van der Waals surface area contributed by atoms with Gasteiger partial charge in [0.05, 0.1) is 5.60 Å². The fourth-order valence-corrected chi connectivity index (χ4v) is 12.3. The average Bonchev–Trinajstić information content (AvgIpc) is 2.85. The summed E-state index contributed by atoms with van der Waals surface area (Å²) in [7, 11) is 5.72. The number of fused-ring (bicyclic) bond motifs is 1. The maximum absolute atomic E-state index is 15.6. The summed E-state index contributed by atoms with van der Waals surface area (Å²) in [6.07, 6.45) is 6.51. The molecule has 2 unspecified atom stereocenters. The Labute approximate surface area is 505 Å². The van der Waals surface area contributed by atoms with Crippen LogP contribution >= 0.6 is 0 Å². The summed E-state index contributed by atoms with van der Waals surface area (Å²) in [5.41, 5.74) is 1.79. The van der Waals surface area contributed by atoms with Crippen molar-refractivity contribution >= 4 is 58.8 Å². The molecule has 0 spiro atoms. The van der Waals surface area contributed by atoms with Crippen LogP contribution < -0.4 is 16.0 Å². The molecule has 5 rings (SSSR count). The number of benzene rings is 2. The predicted molar refractivity (Wildman–Crippen MR) is 328 cm³/mol. The first-order chi connectivity index (χ1) is 39.9. The Balaban J connectivity index is 1.71. The van der Waals surface area contributed by atoms with E-state index in [4.69, 9.17) is 4.74 Å². The number of esters is 1. The molecule has 8 amide bonds. The van der Waals surface area contributed by atoms with E-state index in [0.29, 0.717) is 24.8 Å². The van der Waals surface area contributed by atoms with Crippen LogP contribution in [0.25, 0.3) is 5.57 Å². The van der Waals surface area contributed by atoms with Crippen LogP contribution in [0, 0.1) is 29.6 Å². The van der Waals surface area contributed by atoms with Crippen LogP contribution in [0.4, 0.5) is 0 Å². The van der Waals surface area contributed by atoms with Gasteiger partial charge in [-0.1, -0.05) is 136 Å². The van der Waals surface area contributed by atoms with Gasteiger partial charge in [-0.05, 0) is 111 Å². The number of nitrogens with one attached hydrogen (secondary N) is 3. The number of hydrogen-bond acceptors (Lipinski definition) is 11. The van der Waals surface area contributed by atoms with Crippen molar-refractivity contribution in [3.63, 3.8) is 0 Å². The topological polar surface area (TPSA) is 235 Å². The molecule has 0 aromatic heterocycles. The van der Waals surface area contributed by atoms with E-state index in [1.165, 1.54) is 67.2 Å². The first-order valence-electron chi connectivity index (χ1n) is 31.0. The zero-order chi connectivity index (χ0) is 63.4. The van der Waals surface area contributed by atoms with Gasteiger partial charge in [0.25, 0.3) is 5.91 Å². The molecule has 4 N–H and O–H groups in total. The minimum Gasteiger partial charge on any atom is -0.450 e. The fourth-order valence-electron chi connectivity index (χ4n) is 12.3. The summed E-state index contributed by atoms with van der Waals surface area (Å²) in [5.74, 6) is -8.63. The molecule has 2 aromatic carbocycles. The number of likely N-dealkylation sites (N-methyl/N-ethyl adjacent to an activating group) is 4. The van der Waals surface area contributed by atoms with E-state index in [0.717, 1.165) is 41.7 Å². The first kappa shape index (κ1) is 69.1. The van der Waals surface area contributed by atoms with Gasteiger partial charge in [-0.15, -0.1) is 0 Å². The fraction of sp³-hybridized carbons (Fsp3) is 0.652. The molecule has 11 atom stereocenters. The van der Waals surface area contributed by atoms with Crippen molar-refractivity contribution in [2.75, 3.05) is 34.7 Å². The van der Waals surface area contributed by atoms with Crippen molar-refractivity contribution < 1.29 is 53.0 Å². The van der Waals surface area contributed by atoms with E-state index in [9.17, 15) is 29.1 Å². The number of nitrogens with zero attached hydrogens (tertiary/aromatic N) is 5. The minimum absolute atomic E-state index is 0.00828. The molecule has 0 bridgehead atoms. The summed E-state index contributed by atoms with van der Waals surface area (Å²) in [4.78, 5) is 142. The third kappa shape index (κ3) is 17.3. The van der Waals surface area contributed by atoms with Crippen LogP contribution in [-0.4, -0.2) is 178 Å². The number of carbonyl (C=O) groups excluding carboxylic acids is 9. The molecule has 1 aliphatic carbocycles. The van der Waals surface area contributed by atoms with Gasteiger partial charge in [0.2, 0.25) is 41.4 Å². The number of cyclic esters (lactones) is 1. The molecule has 19 heteroatoms. The normalized spacial score (nSPS) is 26.5. The largest absolute Gasteiger partial charge is 0.450 e. The summed E-state index contributed by atoms with van der Waals surface area (Å²) in [6, 6.07) is 6.92. The summed E-state index contributed by atoms with van der Waals surface area (Å²) >= 11 is 0. The van der Waals surface area contributed by atoms with Crippen LogP contribution in [-0.2, 0) is 60.7 Å². The second kappa shape index (κ2) is 30.6. The Hall–Kier alpha value is -6.63. The Kier molecular flexibility index (Phi) is 24.9. The van der Waals surface area contributed by atoms with Gasteiger partial charge in [0.15, 0.2) is 12.1 Å². The van der Waals surface area contributed by atoms with Crippen molar-refractivity contribution in [3.05, 3.63) is 77.4 Å². The highest BCUT2D eigenvalue weighted by molar-refractivity contribution is 5.99. The lowest BCUT2D eigenvalue weighted by atomic mass is 9.92. The third-order valence-corrected chi connectivity index (χ3v) is 17.6. The molecule has 85 heavy (non-hydrogen) atoms. The van der Waals surface area contributed by atoms with Gasteiger partial charge in [0.1, 0.15) is 42.3 Å². The SMILES string of the molecule is CCC(C)[C@@H]1NC(=O)[C@@H]2CCCN2C(=O)[C@H](Cc2ccc(C3=CCCCC3)cc2)N(C)C(=O)[C@H](Cc2ccccc2)NC(=O)[C@H](C(C)C)N(C)C(=O)[C@@H](C(C)CC)OC(=O)[C@H](C(C)(C)O)N(C)C(=O)[C@H](CC(C)C)NC(=O)[C@H](C(C)C)N(C)C1=O. The number of ether oxygens (including phenoxy) is 1. The quantitative estimate of drug-likeness (QED) is 0.153. The number of carbonyl (C=O) groups is 9. The predicted octanol–water partition coefficient (Wildman–Crippen LogP) is 6.33. The number of aliphatic hydroxyl groups is 1. The van der Waals surface area contributed by atoms with Crippen molar-refractivity contribution in [1.29, 1.82) is 0 Å². The van der Waals surface area contributed by atoms with Gasteiger partial charge in [-0.25, -0.2) is 4.79 Å². The second-order valence-corrected chi connectivity index (χ2v) is 25.9. The average molecular weight is 1180 g/mol. The summed E-state index contributed by atoms with van der Waals surface area (Å²) < 4.78 is 6.13. The van der Waals surface area contributed by atoms with Gasteiger partial charge in [0, 0.05) is 53.5 Å². The van der Waals surface area contributed by atoms with Gasteiger partial charge in [-0.3, -0.25) is 38.4 Å². The van der Waals surface area contributed by atoms with E-state index in [-0.39, 0.29) is 38.1 Å². The maximum Gasteiger partial charge on any atom is 0.332 e. The van der Waals surface area contributed by atoms with E-state index >= 15 is 19.2 Å². The summed E-state index contributed by atoms with van der Waals surface area (Å²) in [6.45, 7) is 20.7. The zero-order valence-corrected chi connectivity index (χ0v) is 53.6. The second-order valence-electron chi connectivity index (χ2n) is 25.9. The number of amides is 8. The van der Waals surface area contributed by atoms with Gasteiger partial charge >= 0.3 is 5.97 Å². The molecule has 2 saturated heterocycles. The minimum atomic E-state index is -1.98. The lowest BCUT2D eigenvalue weighted by Gasteiger charge is -2.39. The standard InChI is InChI=1S/C66H100N8O11/c1-17-42(9)52-63(81)71(14)53(40(5)6)58(76)67-48(36-39(3)4)61(79)73(16)56(66(11,12)84)65(83)85-55(43(10)18-2)64(82)72(15)54(41(7)8)59(77)68-49(37-44-26-21-19-22-27-44)60(78)70(13)51(62(80)74-35-25-30-50(74)57(75)69-52)38-45-31-33-47(34-32-45)46-28-23-20-24-29-46/h19,21-22,26-28,31-34,39-43,48-56,84H,17-18,20,23-25,29-30,35-38H2,1-16H3,(H,67,76)(H,68,77)(H,69,75)/t42?,43?,48-,49-,50-,51-,52-,53-,54-,55+,56+/m0/s1. The highest BCUT2D eigenvalue weighted by atomic mass is 16.6. The molecule has 2 heterocycles. The Morgan fingerprint density at radius 2 is 1.15 bits per heavy atom. The number of rotatable bonds is 14. The van der Waals surface area contributed by atoms with Crippen molar-refractivity contribution in [2.45, 2.75) is 214 Å². The van der Waals surface area contributed by atoms with Gasteiger partial charge in [-0.2, -0.15) is 0 Å². The Bertz CT molecular complexity index is 2690. The van der Waals surface area contributed by atoms with E-state index in [2.05, 4.69) is 22.0 Å². The van der Waals surface area contributed by atoms with Crippen LogP contribution in [0.5, 0.6) is 0 Å². The molecule has 19 nitrogen and oxygen atoms in total. The highest BCUT2D eigenvalue weighted by Gasteiger charge is 2.48. The number of allylic oxidation sites excluding steroid dienone is 2. The summed E-state index contributed by atoms with van der Waals surface area (Å²) in [5, 5.41) is 20.6. The van der Waals surface area contributed by atoms with E-state index < -0.39 is 137 Å². The van der Waals surface area contributed by atoms with Gasteiger partial charge < -0.3 is 50.3 Å². The lowest BCUT2D eigenvalue weighted by Crippen LogP contribution is -2.63. The molecular formula is C66H100N8O11. The highest BCUT2D eigenvalue weighted by Crippen LogP contribution is 2.30. The van der Waals surface area contributed by atoms with Crippen molar-refractivity contribution in [1.82, 2.24) is 40.4 Å². The monoisotopic (exact) mass is 1180 g/mol. The van der Waals surface area contributed by atoms with E-state index in [1.54, 1.807) is 41.5 Å². The molecule has 470 valence electrons. The molecular weight excluding hydrogens is 1080 g/mol. The smallest absolute Gasteiger partial charge is 0.332 e. The first-order valence-corrected chi connectivity index (χ1v) is 31.0. The van der Waals surface area contributed by atoms with Crippen molar-refractivity contribution in [3.8, 4) is 0 Å². The molecule has 2 aliphatic heterocycles. The Morgan fingerprint density at radius 3 is 1.68 bits per heavy atom. The van der Waals surface area contributed by atoms with Crippen LogP contribution in [0.2, 0.25) is 0 Å². The lowest BCUT2D eigenvalue weighted by molar-refractivity contribution is -0.177. The maximum atomic E-state index is 15.6. The molecule has 0 radical (unpaired) electrons. The molecule has 2 aromatic rings. The molecule has 2 fully saturated rings. The molecule has 3 aliphatic rings. The number of hydrogen-bond donors (Lipinski definition) is 4. The zero-order valence-electron chi connectivity index (χ0n) is 53.6. The van der Waals surface area contributed by atoms with Crippen LogP contribution in [0.1, 0.15) is 158 Å².